The van der Waals surface area contributed by atoms with Gasteiger partial charge in [-0.15, -0.1) is 0 Å². The molecule has 0 atom stereocenters. The van der Waals surface area contributed by atoms with Crippen molar-refractivity contribution >= 4 is 21.6 Å². The van der Waals surface area contributed by atoms with Crippen LogP contribution in [0.3, 0.4) is 0 Å². The van der Waals surface area contributed by atoms with Crippen molar-refractivity contribution in [2.24, 2.45) is 0 Å². The monoisotopic (exact) mass is 392 g/mol. The first-order chi connectivity index (χ1) is 13.6. The SMILES string of the molecule is O=C(NCc1ccccc1)c1ccc2c(c1)N(S(=O)(=O)c1ccccc1)CC2. The Morgan fingerprint density at radius 3 is 2.32 bits per heavy atom. The highest BCUT2D eigenvalue weighted by molar-refractivity contribution is 7.92. The average molecular weight is 392 g/mol. The molecule has 0 fully saturated rings. The van der Waals surface area contributed by atoms with Gasteiger partial charge in [-0.05, 0) is 41.8 Å². The first-order valence-electron chi connectivity index (χ1n) is 9.08. The zero-order chi connectivity index (χ0) is 19.6. The number of amides is 1. The second-order valence-corrected chi connectivity index (χ2v) is 8.51. The first-order valence-corrected chi connectivity index (χ1v) is 10.5. The minimum absolute atomic E-state index is 0.226. The zero-order valence-corrected chi connectivity index (χ0v) is 16.0. The third kappa shape index (κ3) is 3.51. The molecule has 1 N–H and O–H groups in total. The number of benzene rings is 3. The maximum Gasteiger partial charge on any atom is 0.264 e. The Hall–Kier alpha value is -3.12. The van der Waals surface area contributed by atoms with E-state index in [4.69, 9.17) is 0 Å². The third-order valence-electron chi connectivity index (χ3n) is 4.83. The summed E-state index contributed by atoms with van der Waals surface area (Å²) in [6.45, 7) is 0.796. The lowest BCUT2D eigenvalue weighted by Crippen LogP contribution is -2.29. The number of nitrogens with one attached hydrogen (secondary N) is 1. The van der Waals surface area contributed by atoms with Crippen LogP contribution in [0.5, 0.6) is 0 Å². The molecule has 0 aromatic heterocycles. The lowest BCUT2D eigenvalue weighted by atomic mass is 10.1. The van der Waals surface area contributed by atoms with E-state index < -0.39 is 10.0 Å². The average Bonchev–Trinajstić information content (AvgIpc) is 3.17. The smallest absolute Gasteiger partial charge is 0.264 e. The molecule has 6 heteroatoms. The quantitative estimate of drug-likeness (QED) is 0.724. The van der Waals surface area contributed by atoms with Crippen molar-refractivity contribution in [2.45, 2.75) is 17.9 Å². The van der Waals surface area contributed by atoms with Crippen LogP contribution in [0.1, 0.15) is 21.5 Å². The number of hydrogen-bond donors (Lipinski definition) is 1. The summed E-state index contributed by atoms with van der Waals surface area (Å²) in [6.07, 6.45) is 0.632. The van der Waals surface area contributed by atoms with Crippen molar-refractivity contribution in [3.8, 4) is 0 Å². The number of rotatable bonds is 5. The lowest BCUT2D eigenvalue weighted by molar-refractivity contribution is 0.0951. The number of anilines is 1. The third-order valence-corrected chi connectivity index (χ3v) is 6.65. The van der Waals surface area contributed by atoms with Gasteiger partial charge in [0.2, 0.25) is 0 Å². The minimum Gasteiger partial charge on any atom is -0.348 e. The van der Waals surface area contributed by atoms with Crippen molar-refractivity contribution in [1.82, 2.24) is 5.32 Å². The van der Waals surface area contributed by atoms with Crippen molar-refractivity contribution in [2.75, 3.05) is 10.8 Å². The summed E-state index contributed by atoms with van der Waals surface area (Å²) >= 11 is 0. The highest BCUT2D eigenvalue weighted by Gasteiger charge is 2.31. The molecule has 3 aromatic carbocycles. The molecule has 0 radical (unpaired) electrons. The number of sulfonamides is 1. The van der Waals surface area contributed by atoms with Crippen LogP contribution in [0, 0.1) is 0 Å². The van der Waals surface area contributed by atoms with Gasteiger partial charge in [-0.2, -0.15) is 0 Å². The van der Waals surface area contributed by atoms with Gasteiger partial charge in [-0.1, -0.05) is 54.6 Å². The highest BCUT2D eigenvalue weighted by Crippen LogP contribution is 2.33. The van der Waals surface area contributed by atoms with Gasteiger partial charge < -0.3 is 5.32 Å². The van der Waals surface area contributed by atoms with Crippen LogP contribution in [0.25, 0.3) is 0 Å². The van der Waals surface area contributed by atoms with E-state index in [1.54, 1.807) is 42.5 Å². The number of hydrogen-bond acceptors (Lipinski definition) is 3. The Kier molecular flexibility index (Phi) is 4.88. The van der Waals surface area contributed by atoms with Crippen LogP contribution in [0.15, 0.2) is 83.8 Å². The van der Waals surface area contributed by atoms with Crippen molar-refractivity contribution in [3.63, 3.8) is 0 Å². The van der Waals surface area contributed by atoms with Crippen LogP contribution in [0.2, 0.25) is 0 Å². The molecule has 1 aliphatic rings. The van der Waals surface area contributed by atoms with Gasteiger partial charge in [0.15, 0.2) is 0 Å². The molecule has 0 aliphatic carbocycles. The molecule has 5 nitrogen and oxygen atoms in total. The molecule has 142 valence electrons. The van der Waals surface area contributed by atoms with Gasteiger partial charge in [0.05, 0.1) is 10.6 Å². The van der Waals surface area contributed by atoms with Crippen molar-refractivity contribution in [3.05, 3.63) is 95.6 Å². The zero-order valence-electron chi connectivity index (χ0n) is 15.2. The molecule has 4 rings (SSSR count). The van der Waals surface area contributed by atoms with E-state index in [1.165, 1.54) is 4.31 Å². The number of nitrogens with zero attached hydrogens (tertiary/aromatic N) is 1. The van der Waals surface area contributed by atoms with Crippen LogP contribution < -0.4 is 9.62 Å². The highest BCUT2D eigenvalue weighted by atomic mass is 32.2. The number of carbonyl (C=O) groups is 1. The lowest BCUT2D eigenvalue weighted by Gasteiger charge is -2.20. The van der Waals surface area contributed by atoms with Crippen molar-refractivity contribution in [1.29, 1.82) is 0 Å². The van der Waals surface area contributed by atoms with E-state index in [9.17, 15) is 13.2 Å². The molecular formula is C22H20N2O3S. The Labute approximate surface area is 164 Å². The van der Waals surface area contributed by atoms with E-state index in [0.29, 0.717) is 30.8 Å². The summed E-state index contributed by atoms with van der Waals surface area (Å²) in [4.78, 5) is 12.8. The topological polar surface area (TPSA) is 66.5 Å². The summed E-state index contributed by atoms with van der Waals surface area (Å²) < 4.78 is 27.4. The molecule has 0 spiro atoms. The van der Waals surface area contributed by atoms with Gasteiger partial charge in [0, 0.05) is 18.7 Å². The van der Waals surface area contributed by atoms with Crippen LogP contribution in [-0.4, -0.2) is 20.9 Å². The normalized spacial score (nSPS) is 13.2. The summed E-state index contributed by atoms with van der Waals surface area (Å²) in [7, 11) is -3.65. The molecule has 3 aromatic rings. The van der Waals surface area contributed by atoms with Gasteiger partial charge in [-0.25, -0.2) is 8.42 Å². The van der Waals surface area contributed by atoms with Gasteiger partial charge >= 0.3 is 0 Å². The fourth-order valence-corrected chi connectivity index (χ4v) is 4.86. The Morgan fingerprint density at radius 1 is 0.929 bits per heavy atom. The molecule has 0 saturated heterocycles. The van der Waals surface area contributed by atoms with Crippen LogP contribution in [-0.2, 0) is 23.0 Å². The largest absolute Gasteiger partial charge is 0.348 e. The minimum atomic E-state index is -3.65. The van der Waals surface area contributed by atoms with Crippen LogP contribution in [0.4, 0.5) is 5.69 Å². The Balaban J connectivity index is 1.58. The fraction of sp³-hybridized carbons (Fsp3) is 0.136. The Morgan fingerprint density at radius 2 is 1.61 bits per heavy atom. The predicted molar refractivity (Wildman–Crippen MR) is 109 cm³/mol. The molecule has 0 saturated carbocycles. The standard InChI is InChI=1S/C22H20N2O3S/c25-22(23-16-17-7-3-1-4-8-17)19-12-11-18-13-14-24(21(18)15-19)28(26,27)20-9-5-2-6-10-20/h1-12,15H,13-14,16H2,(H,23,25). The van der Waals surface area contributed by atoms with E-state index in [-0.39, 0.29) is 10.8 Å². The molecule has 1 amide bonds. The fourth-order valence-electron chi connectivity index (χ4n) is 3.34. The molecule has 28 heavy (non-hydrogen) atoms. The van der Waals surface area contributed by atoms with E-state index >= 15 is 0 Å². The number of carbonyl (C=O) groups excluding carboxylic acids is 1. The van der Waals surface area contributed by atoms with Gasteiger partial charge in [0.1, 0.15) is 0 Å². The van der Waals surface area contributed by atoms with Gasteiger partial charge in [0.25, 0.3) is 15.9 Å². The van der Waals surface area contributed by atoms with E-state index in [1.807, 2.05) is 36.4 Å². The number of fused-ring (bicyclic) bond motifs is 1. The van der Waals surface area contributed by atoms with Crippen molar-refractivity contribution < 1.29 is 13.2 Å². The van der Waals surface area contributed by atoms with Crippen LogP contribution >= 0.6 is 0 Å². The summed E-state index contributed by atoms with van der Waals surface area (Å²) in [5.41, 5.74) is 2.96. The second kappa shape index (κ2) is 7.48. The first kappa shape index (κ1) is 18.3. The van der Waals surface area contributed by atoms with E-state index in [2.05, 4.69) is 5.32 Å². The molecule has 0 unspecified atom stereocenters. The Bertz CT molecular complexity index is 1100. The van der Waals surface area contributed by atoms with Gasteiger partial charge in [-0.3, -0.25) is 9.10 Å². The second-order valence-electron chi connectivity index (χ2n) is 6.65. The summed E-state index contributed by atoms with van der Waals surface area (Å²) in [5.74, 6) is -0.226. The summed E-state index contributed by atoms with van der Waals surface area (Å²) in [6, 6.07) is 23.3. The molecule has 0 bridgehead atoms. The molecule has 1 aliphatic heterocycles. The maximum absolute atomic E-state index is 13.0. The molecular weight excluding hydrogens is 372 g/mol. The maximum atomic E-state index is 13.0. The molecule has 1 heterocycles. The van der Waals surface area contributed by atoms with E-state index in [0.717, 1.165) is 11.1 Å². The predicted octanol–water partition coefficient (Wildman–Crippen LogP) is 3.37. The summed E-state index contributed by atoms with van der Waals surface area (Å²) in [5, 5.41) is 2.88.